The van der Waals surface area contributed by atoms with Gasteiger partial charge >= 0.3 is 0 Å². The molecule has 15 heavy (non-hydrogen) atoms. The van der Waals surface area contributed by atoms with Crippen LogP contribution >= 0.6 is 10.7 Å². The topological polar surface area (TPSA) is 52.6 Å². The van der Waals surface area contributed by atoms with Gasteiger partial charge in [-0.2, -0.15) is 0 Å². The lowest BCUT2D eigenvalue weighted by atomic mass is 10.1. The van der Waals surface area contributed by atoms with E-state index >= 15 is 0 Å². The Balaban J connectivity index is 2.28. The maximum atomic E-state index is 10.9. The molecule has 0 unspecified atom stereocenters. The molecule has 0 aromatic heterocycles. The SMILES string of the molecule is O=S(=O)(Cl)Cc1ccc2c(c1)OCOC2. The lowest BCUT2D eigenvalue weighted by Crippen LogP contribution is -2.11. The normalized spacial score (nSPS) is 15.5. The summed E-state index contributed by atoms with van der Waals surface area (Å²) >= 11 is 0. The number of hydrogen-bond acceptors (Lipinski definition) is 4. The van der Waals surface area contributed by atoms with E-state index in [0.717, 1.165) is 5.56 Å². The van der Waals surface area contributed by atoms with E-state index in [0.29, 0.717) is 17.9 Å². The average Bonchev–Trinajstić information content (AvgIpc) is 2.15. The highest BCUT2D eigenvalue weighted by Gasteiger charge is 2.13. The van der Waals surface area contributed by atoms with Crippen LogP contribution in [0.5, 0.6) is 5.75 Å². The molecule has 0 saturated heterocycles. The Morgan fingerprint density at radius 3 is 2.93 bits per heavy atom. The number of rotatable bonds is 2. The summed E-state index contributed by atoms with van der Waals surface area (Å²) in [6.45, 7) is 0.688. The van der Waals surface area contributed by atoms with Gasteiger partial charge in [0.25, 0.3) is 0 Å². The average molecular weight is 249 g/mol. The minimum absolute atomic E-state index is 0.188. The fourth-order valence-corrected chi connectivity index (χ4v) is 2.35. The number of hydrogen-bond donors (Lipinski definition) is 0. The van der Waals surface area contributed by atoms with Gasteiger partial charge < -0.3 is 9.47 Å². The summed E-state index contributed by atoms with van der Waals surface area (Å²) in [5.74, 6) is 0.477. The summed E-state index contributed by atoms with van der Waals surface area (Å²) in [5.41, 5.74) is 1.53. The number of benzene rings is 1. The van der Waals surface area contributed by atoms with E-state index in [2.05, 4.69) is 0 Å². The van der Waals surface area contributed by atoms with Gasteiger partial charge in [-0.05, 0) is 11.6 Å². The summed E-state index contributed by atoms with van der Waals surface area (Å²) in [7, 11) is 1.64. The third kappa shape index (κ3) is 2.84. The Hall–Kier alpha value is -0.780. The van der Waals surface area contributed by atoms with Crippen LogP contribution in [0.25, 0.3) is 0 Å². The zero-order valence-electron chi connectivity index (χ0n) is 7.77. The van der Waals surface area contributed by atoms with Crippen molar-refractivity contribution >= 4 is 19.7 Å². The molecule has 6 heteroatoms. The largest absolute Gasteiger partial charge is 0.467 e. The van der Waals surface area contributed by atoms with Gasteiger partial charge in [-0.3, -0.25) is 0 Å². The van der Waals surface area contributed by atoms with Gasteiger partial charge in [-0.1, -0.05) is 12.1 Å². The molecule has 82 valence electrons. The molecule has 0 spiro atoms. The Morgan fingerprint density at radius 1 is 1.40 bits per heavy atom. The number of halogens is 1. The van der Waals surface area contributed by atoms with Crippen molar-refractivity contribution in [1.29, 1.82) is 0 Å². The maximum absolute atomic E-state index is 10.9. The summed E-state index contributed by atoms with van der Waals surface area (Å²) in [5, 5.41) is 0. The van der Waals surface area contributed by atoms with E-state index in [1.165, 1.54) is 0 Å². The predicted octanol–water partition coefficient (Wildman–Crippen LogP) is 1.62. The standard InChI is InChI=1S/C9H9ClO4S/c10-15(11,12)5-7-1-2-8-4-13-6-14-9(8)3-7/h1-3H,4-6H2. The molecule has 0 fully saturated rings. The molecule has 1 aliphatic rings. The van der Waals surface area contributed by atoms with E-state index in [9.17, 15) is 8.42 Å². The monoisotopic (exact) mass is 248 g/mol. The minimum atomic E-state index is -3.52. The molecule has 2 rings (SSSR count). The molecular weight excluding hydrogens is 240 g/mol. The molecule has 0 aliphatic carbocycles. The summed E-state index contributed by atoms with van der Waals surface area (Å²) in [6.07, 6.45) is 0. The van der Waals surface area contributed by atoms with Crippen molar-refractivity contribution in [1.82, 2.24) is 0 Å². The molecule has 0 N–H and O–H groups in total. The van der Waals surface area contributed by atoms with Gasteiger partial charge in [0.1, 0.15) is 5.75 Å². The Kier molecular flexibility index (Phi) is 2.86. The third-order valence-electron chi connectivity index (χ3n) is 2.03. The van der Waals surface area contributed by atoms with Gasteiger partial charge in [-0.15, -0.1) is 0 Å². The molecule has 1 aromatic carbocycles. The van der Waals surface area contributed by atoms with E-state index in [4.69, 9.17) is 20.2 Å². The van der Waals surface area contributed by atoms with Crippen molar-refractivity contribution in [2.45, 2.75) is 12.4 Å². The zero-order valence-corrected chi connectivity index (χ0v) is 9.35. The van der Waals surface area contributed by atoms with Crippen LogP contribution in [0, 0.1) is 0 Å². The maximum Gasteiger partial charge on any atom is 0.236 e. The highest BCUT2D eigenvalue weighted by molar-refractivity contribution is 8.13. The van der Waals surface area contributed by atoms with Crippen molar-refractivity contribution in [2.24, 2.45) is 0 Å². The number of fused-ring (bicyclic) bond motifs is 1. The van der Waals surface area contributed by atoms with Crippen molar-refractivity contribution in [3.05, 3.63) is 29.3 Å². The van der Waals surface area contributed by atoms with Crippen LogP contribution < -0.4 is 4.74 Å². The van der Waals surface area contributed by atoms with Crippen molar-refractivity contribution in [3.8, 4) is 5.75 Å². The van der Waals surface area contributed by atoms with Gasteiger partial charge in [-0.25, -0.2) is 8.42 Å². The second-order valence-corrected chi connectivity index (χ2v) is 6.01. The van der Waals surface area contributed by atoms with Crippen molar-refractivity contribution < 1.29 is 17.9 Å². The summed E-state index contributed by atoms with van der Waals surface area (Å²) < 4.78 is 32.0. The van der Waals surface area contributed by atoms with Crippen molar-refractivity contribution in [2.75, 3.05) is 6.79 Å². The fourth-order valence-electron chi connectivity index (χ4n) is 1.40. The predicted molar refractivity (Wildman–Crippen MR) is 55.2 cm³/mol. The van der Waals surface area contributed by atoms with Gasteiger partial charge in [0.2, 0.25) is 9.05 Å². The van der Waals surface area contributed by atoms with Crippen LogP contribution in [0.3, 0.4) is 0 Å². The highest BCUT2D eigenvalue weighted by atomic mass is 35.7. The van der Waals surface area contributed by atoms with Crippen molar-refractivity contribution in [3.63, 3.8) is 0 Å². The first-order valence-electron chi connectivity index (χ1n) is 4.29. The molecule has 1 aliphatic heterocycles. The Bertz CT molecular complexity index is 469. The van der Waals surface area contributed by atoms with E-state index in [1.54, 1.807) is 18.2 Å². The molecule has 0 radical (unpaired) electrons. The van der Waals surface area contributed by atoms with E-state index in [1.807, 2.05) is 0 Å². The first kappa shape index (κ1) is 10.7. The lowest BCUT2D eigenvalue weighted by molar-refractivity contribution is -0.0164. The van der Waals surface area contributed by atoms with E-state index < -0.39 is 9.05 Å². The first-order chi connectivity index (χ1) is 7.04. The van der Waals surface area contributed by atoms with Crippen LogP contribution in [0.15, 0.2) is 18.2 Å². The minimum Gasteiger partial charge on any atom is -0.467 e. The Morgan fingerprint density at radius 2 is 2.20 bits per heavy atom. The molecule has 4 nitrogen and oxygen atoms in total. The quantitative estimate of drug-likeness (QED) is 0.747. The highest BCUT2D eigenvalue weighted by Crippen LogP contribution is 2.25. The molecule has 1 aromatic rings. The molecule has 0 saturated carbocycles. The lowest BCUT2D eigenvalue weighted by Gasteiger charge is -2.17. The van der Waals surface area contributed by atoms with Crippen LogP contribution in [-0.2, 0) is 26.1 Å². The molecule has 0 bridgehead atoms. The van der Waals surface area contributed by atoms with Crippen LogP contribution in [0.4, 0.5) is 0 Å². The van der Waals surface area contributed by atoms with Gasteiger partial charge in [0, 0.05) is 16.2 Å². The zero-order chi connectivity index (χ0) is 10.9. The van der Waals surface area contributed by atoms with Crippen LogP contribution in [-0.4, -0.2) is 15.2 Å². The van der Waals surface area contributed by atoms with Crippen LogP contribution in [0.1, 0.15) is 11.1 Å². The van der Waals surface area contributed by atoms with E-state index in [-0.39, 0.29) is 12.5 Å². The Labute approximate surface area is 92.2 Å². The molecule has 0 atom stereocenters. The third-order valence-corrected chi connectivity index (χ3v) is 3.03. The van der Waals surface area contributed by atoms with Gasteiger partial charge in [0.05, 0.1) is 12.4 Å². The summed E-state index contributed by atoms with van der Waals surface area (Å²) in [4.78, 5) is 0. The summed E-state index contributed by atoms with van der Waals surface area (Å²) in [6, 6.07) is 5.17. The van der Waals surface area contributed by atoms with Crippen LogP contribution in [0.2, 0.25) is 0 Å². The molecular formula is C9H9ClO4S. The fraction of sp³-hybridized carbons (Fsp3) is 0.333. The smallest absolute Gasteiger partial charge is 0.236 e. The van der Waals surface area contributed by atoms with Gasteiger partial charge in [0.15, 0.2) is 6.79 Å². The molecule has 0 amide bonds. The molecule has 1 heterocycles. The second kappa shape index (κ2) is 4.00. The second-order valence-electron chi connectivity index (χ2n) is 3.24. The first-order valence-corrected chi connectivity index (χ1v) is 6.77. The number of ether oxygens (including phenoxy) is 2.